The van der Waals surface area contributed by atoms with Crippen LogP contribution in [0.4, 0.5) is 42.5 Å². The molecule has 1 aromatic heterocycles. The highest BCUT2D eigenvalue weighted by molar-refractivity contribution is 6.31. The molecule has 0 atom stereocenters. The van der Waals surface area contributed by atoms with Gasteiger partial charge in [0.05, 0.1) is 22.6 Å². The Morgan fingerprint density at radius 1 is 0.733 bits per heavy atom. The van der Waals surface area contributed by atoms with Gasteiger partial charge in [0.25, 0.3) is 5.91 Å². The summed E-state index contributed by atoms with van der Waals surface area (Å²) in [6.07, 6.45) is -8.22. The third-order valence-corrected chi connectivity index (χ3v) is 6.13. The SMILES string of the molecule is O=C(Cc1ccc(C(F)(F)F)cc1)NNC(=O)c1cc(Oc2ccc(NC(=O)Nc3ccc(Cl)c(C(F)(F)F)c3)cc2)ccn1. The van der Waals surface area contributed by atoms with Crippen LogP contribution in [0.2, 0.25) is 5.02 Å². The average molecular weight is 652 g/mol. The van der Waals surface area contributed by atoms with E-state index < -0.39 is 46.3 Å². The molecule has 0 saturated carbocycles. The number of hydrogen-bond acceptors (Lipinski definition) is 5. The number of alkyl halides is 6. The molecule has 234 valence electrons. The summed E-state index contributed by atoms with van der Waals surface area (Å²) >= 11 is 5.58. The maximum absolute atomic E-state index is 13.0. The van der Waals surface area contributed by atoms with Gasteiger partial charge in [-0.3, -0.25) is 25.4 Å². The summed E-state index contributed by atoms with van der Waals surface area (Å²) in [5, 5.41) is 4.24. The molecule has 16 heteroatoms. The molecule has 4 N–H and O–H groups in total. The first-order valence-electron chi connectivity index (χ1n) is 12.6. The van der Waals surface area contributed by atoms with Gasteiger partial charge in [0.1, 0.15) is 17.2 Å². The normalized spacial score (nSPS) is 11.4. The second-order valence-corrected chi connectivity index (χ2v) is 9.56. The number of halogens is 7. The molecule has 3 aromatic carbocycles. The van der Waals surface area contributed by atoms with Crippen molar-refractivity contribution in [2.24, 2.45) is 0 Å². The molecule has 9 nitrogen and oxygen atoms in total. The molecule has 0 unspecified atom stereocenters. The number of nitrogens with zero attached hydrogens (tertiary/aromatic N) is 1. The quantitative estimate of drug-likeness (QED) is 0.124. The van der Waals surface area contributed by atoms with Gasteiger partial charge < -0.3 is 15.4 Å². The lowest BCUT2D eigenvalue weighted by atomic mass is 10.1. The average Bonchev–Trinajstić information content (AvgIpc) is 2.97. The first-order valence-corrected chi connectivity index (χ1v) is 13.0. The fraction of sp³-hybridized carbons (Fsp3) is 0.103. The lowest BCUT2D eigenvalue weighted by Crippen LogP contribution is -2.42. The summed E-state index contributed by atoms with van der Waals surface area (Å²) in [6, 6.07) is 14.7. The van der Waals surface area contributed by atoms with Crippen molar-refractivity contribution in [1.82, 2.24) is 15.8 Å². The van der Waals surface area contributed by atoms with Gasteiger partial charge in [-0.2, -0.15) is 26.3 Å². The highest BCUT2D eigenvalue weighted by Gasteiger charge is 2.33. The van der Waals surface area contributed by atoms with E-state index in [2.05, 4.69) is 26.5 Å². The van der Waals surface area contributed by atoms with Crippen LogP contribution in [0.1, 0.15) is 27.2 Å². The molecule has 4 aromatic rings. The van der Waals surface area contributed by atoms with Crippen LogP contribution in [-0.2, 0) is 23.6 Å². The molecule has 0 radical (unpaired) electrons. The molecule has 0 bridgehead atoms. The molecule has 4 rings (SSSR count). The minimum atomic E-state index is -4.70. The number of ether oxygens (including phenoxy) is 1. The number of aromatic nitrogens is 1. The molecular weight excluding hydrogens is 632 g/mol. The summed E-state index contributed by atoms with van der Waals surface area (Å²) in [4.78, 5) is 40.7. The Balaban J connectivity index is 1.28. The van der Waals surface area contributed by atoms with E-state index in [-0.39, 0.29) is 35.0 Å². The zero-order valence-electron chi connectivity index (χ0n) is 22.5. The molecule has 0 aliphatic carbocycles. The number of nitrogens with one attached hydrogen (secondary N) is 4. The van der Waals surface area contributed by atoms with Gasteiger partial charge in [-0.15, -0.1) is 0 Å². The number of anilines is 2. The van der Waals surface area contributed by atoms with Crippen LogP contribution in [0, 0.1) is 0 Å². The maximum atomic E-state index is 13.0. The molecular formula is C29H20ClF6N5O4. The summed E-state index contributed by atoms with van der Waals surface area (Å²) < 4.78 is 82.9. The van der Waals surface area contributed by atoms with Gasteiger partial charge in [0, 0.05) is 23.6 Å². The molecule has 45 heavy (non-hydrogen) atoms. The number of carbonyl (C=O) groups is 3. The van der Waals surface area contributed by atoms with Crippen LogP contribution in [0.15, 0.2) is 85.1 Å². The second-order valence-electron chi connectivity index (χ2n) is 9.15. The maximum Gasteiger partial charge on any atom is 0.417 e. The fourth-order valence-corrected chi connectivity index (χ4v) is 3.91. The van der Waals surface area contributed by atoms with Gasteiger partial charge in [-0.05, 0) is 66.2 Å². The summed E-state index contributed by atoms with van der Waals surface area (Å²) in [5.74, 6) is -1.00. The zero-order valence-corrected chi connectivity index (χ0v) is 23.3. The van der Waals surface area contributed by atoms with Gasteiger partial charge in [-0.25, -0.2) is 4.79 Å². The van der Waals surface area contributed by atoms with Crippen LogP contribution in [-0.4, -0.2) is 22.8 Å². The minimum Gasteiger partial charge on any atom is -0.457 e. The molecule has 0 fully saturated rings. The van der Waals surface area contributed by atoms with E-state index in [9.17, 15) is 40.7 Å². The Bertz CT molecular complexity index is 1700. The summed E-state index contributed by atoms with van der Waals surface area (Å²) in [7, 11) is 0. The third-order valence-electron chi connectivity index (χ3n) is 5.80. The standard InChI is InChI=1S/C29H20ClF6N5O4/c30-23-10-7-19(14-22(23)29(34,35)36)39-27(44)38-18-5-8-20(9-6-18)45-21-11-12-37-24(15-21)26(43)41-40-25(42)13-16-1-3-17(4-2-16)28(31,32)33/h1-12,14-15H,13H2,(H,40,42)(H,41,43)(H2,38,39,44). The van der Waals surface area contributed by atoms with Crippen molar-refractivity contribution in [3.8, 4) is 11.5 Å². The van der Waals surface area contributed by atoms with Gasteiger partial charge in [0.2, 0.25) is 5.91 Å². The lowest BCUT2D eigenvalue weighted by molar-refractivity contribution is -0.138. The fourth-order valence-electron chi connectivity index (χ4n) is 3.69. The number of pyridine rings is 1. The van der Waals surface area contributed by atoms with Gasteiger partial charge in [0.15, 0.2) is 0 Å². The van der Waals surface area contributed by atoms with E-state index in [1.165, 1.54) is 48.7 Å². The zero-order chi connectivity index (χ0) is 32.8. The monoisotopic (exact) mass is 651 g/mol. The van der Waals surface area contributed by atoms with E-state index in [1.807, 2.05) is 0 Å². The molecule has 1 heterocycles. The molecule has 0 aliphatic rings. The van der Waals surface area contributed by atoms with Gasteiger partial charge in [-0.1, -0.05) is 23.7 Å². The highest BCUT2D eigenvalue weighted by Crippen LogP contribution is 2.36. The predicted octanol–water partition coefficient (Wildman–Crippen LogP) is 7.21. The number of carbonyl (C=O) groups excluding carboxylic acids is 3. The van der Waals surface area contributed by atoms with Crippen LogP contribution in [0.25, 0.3) is 0 Å². The first-order chi connectivity index (χ1) is 21.2. The highest BCUT2D eigenvalue weighted by atomic mass is 35.5. The topological polar surface area (TPSA) is 121 Å². The largest absolute Gasteiger partial charge is 0.457 e. The molecule has 0 aliphatic heterocycles. The predicted molar refractivity (Wildman–Crippen MR) is 151 cm³/mol. The number of rotatable bonds is 7. The molecule has 0 saturated heterocycles. The van der Waals surface area contributed by atoms with Crippen molar-refractivity contribution < 1.29 is 45.5 Å². The van der Waals surface area contributed by atoms with Crippen molar-refractivity contribution >= 4 is 40.8 Å². The van der Waals surface area contributed by atoms with Crippen LogP contribution >= 0.6 is 11.6 Å². The van der Waals surface area contributed by atoms with Crippen LogP contribution in [0.5, 0.6) is 11.5 Å². The summed E-state index contributed by atoms with van der Waals surface area (Å²) in [5.41, 5.74) is 2.69. The Labute approximate surface area is 255 Å². The Hall–Kier alpha value is -5.31. The minimum absolute atomic E-state index is 0.125. The first kappa shape index (κ1) is 32.6. The Morgan fingerprint density at radius 2 is 1.38 bits per heavy atom. The number of amides is 4. The molecule has 4 amide bonds. The van der Waals surface area contributed by atoms with Crippen molar-refractivity contribution in [3.05, 3.63) is 112 Å². The number of hydrazine groups is 1. The van der Waals surface area contributed by atoms with Gasteiger partial charge >= 0.3 is 18.4 Å². The van der Waals surface area contributed by atoms with E-state index in [4.69, 9.17) is 16.3 Å². The number of hydrogen-bond donors (Lipinski definition) is 4. The second kappa shape index (κ2) is 13.5. The van der Waals surface area contributed by atoms with Crippen molar-refractivity contribution in [2.45, 2.75) is 18.8 Å². The molecule has 0 spiro atoms. The number of benzene rings is 3. The van der Waals surface area contributed by atoms with Crippen molar-refractivity contribution in [3.63, 3.8) is 0 Å². The lowest BCUT2D eigenvalue weighted by Gasteiger charge is -2.13. The van der Waals surface area contributed by atoms with Crippen LogP contribution in [0.3, 0.4) is 0 Å². The third kappa shape index (κ3) is 9.34. The van der Waals surface area contributed by atoms with E-state index >= 15 is 0 Å². The van der Waals surface area contributed by atoms with E-state index in [1.54, 1.807) is 0 Å². The van der Waals surface area contributed by atoms with E-state index in [0.29, 0.717) is 11.6 Å². The smallest absolute Gasteiger partial charge is 0.417 e. The van der Waals surface area contributed by atoms with Crippen LogP contribution < -0.4 is 26.2 Å². The Kier molecular flexibility index (Phi) is 9.82. The van der Waals surface area contributed by atoms with Crippen molar-refractivity contribution in [1.29, 1.82) is 0 Å². The Morgan fingerprint density at radius 3 is 2.02 bits per heavy atom. The number of urea groups is 1. The summed E-state index contributed by atoms with van der Waals surface area (Å²) in [6.45, 7) is 0. The van der Waals surface area contributed by atoms with E-state index in [0.717, 1.165) is 30.3 Å². The van der Waals surface area contributed by atoms with Crippen molar-refractivity contribution in [2.75, 3.05) is 10.6 Å².